The third-order valence-corrected chi connectivity index (χ3v) is 5.36. The number of halogens is 1. The van der Waals surface area contributed by atoms with Gasteiger partial charge in [-0.2, -0.15) is 0 Å². The molecule has 172 valence electrons. The van der Waals surface area contributed by atoms with Crippen molar-refractivity contribution in [3.05, 3.63) is 99.4 Å². The number of esters is 1. The normalized spacial score (nSPS) is 11.4. The van der Waals surface area contributed by atoms with Crippen LogP contribution >= 0.6 is 11.6 Å². The van der Waals surface area contributed by atoms with Crippen LogP contribution in [0.2, 0.25) is 5.02 Å². The minimum absolute atomic E-state index is 0.118. The zero-order chi connectivity index (χ0) is 24.5. The van der Waals surface area contributed by atoms with Gasteiger partial charge in [-0.1, -0.05) is 35.9 Å². The van der Waals surface area contributed by atoms with Crippen molar-refractivity contribution in [3.63, 3.8) is 0 Å². The quantitative estimate of drug-likeness (QED) is 0.113. The predicted molar refractivity (Wildman–Crippen MR) is 131 cm³/mol. The Morgan fingerprint density at radius 1 is 1.00 bits per heavy atom. The summed E-state index contributed by atoms with van der Waals surface area (Å²) in [7, 11) is 0. The van der Waals surface area contributed by atoms with E-state index in [9.17, 15) is 14.4 Å². The van der Waals surface area contributed by atoms with Crippen molar-refractivity contribution in [2.24, 2.45) is 0 Å². The van der Waals surface area contributed by atoms with Crippen LogP contribution in [0.25, 0.3) is 33.8 Å². The fourth-order valence-electron chi connectivity index (χ4n) is 3.53. The molecule has 3 aromatic carbocycles. The second-order valence-corrected chi connectivity index (χ2v) is 8.06. The molecule has 0 aliphatic carbocycles. The second-order valence-electron chi connectivity index (χ2n) is 7.63. The van der Waals surface area contributed by atoms with Crippen LogP contribution < -0.4 is 10.4 Å². The molecule has 35 heavy (non-hydrogen) atoms. The van der Waals surface area contributed by atoms with Crippen LogP contribution in [0.4, 0.5) is 0 Å². The van der Waals surface area contributed by atoms with E-state index in [0.29, 0.717) is 38.3 Å². The lowest BCUT2D eigenvalue weighted by Crippen LogP contribution is -2.12. The topological polar surface area (TPSA) is 104 Å². The minimum atomic E-state index is -0.743. The maximum absolute atomic E-state index is 12.8. The van der Waals surface area contributed by atoms with E-state index in [4.69, 9.17) is 20.8 Å². The van der Waals surface area contributed by atoms with Gasteiger partial charge in [-0.05, 0) is 60.2 Å². The van der Waals surface area contributed by atoms with Crippen molar-refractivity contribution < 1.29 is 18.7 Å². The third kappa shape index (κ3) is 4.60. The standard InChI is InChI=1S/C26H16ClN3O5/c1-15(31)34-25-10-7-16(12-22(25)30-28-20-4-2-3-5-21(20)29-30)6-9-23(32)19-14-17-13-18(27)8-11-24(17)35-26(19)33/h2-14H,1H3/b9-6+. The smallest absolute Gasteiger partial charge is 0.347 e. The van der Waals surface area contributed by atoms with Crippen LogP contribution in [0, 0.1) is 0 Å². The zero-order valence-electron chi connectivity index (χ0n) is 18.3. The van der Waals surface area contributed by atoms with Gasteiger partial charge in [0, 0.05) is 17.3 Å². The van der Waals surface area contributed by atoms with E-state index in [2.05, 4.69) is 10.2 Å². The molecule has 5 rings (SSSR count). The molecule has 0 atom stereocenters. The maximum Gasteiger partial charge on any atom is 0.347 e. The van der Waals surface area contributed by atoms with E-state index in [0.717, 1.165) is 0 Å². The Balaban J connectivity index is 1.51. The average molecular weight is 486 g/mol. The molecule has 0 spiro atoms. The highest BCUT2D eigenvalue weighted by molar-refractivity contribution is 6.31. The first-order chi connectivity index (χ1) is 16.9. The molecule has 0 bridgehead atoms. The Kier molecular flexibility index (Phi) is 5.72. The Hall–Kier alpha value is -4.56. The molecule has 0 unspecified atom stereocenters. The lowest BCUT2D eigenvalue weighted by Gasteiger charge is -2.09. The summed E-state index contributed by atoms with van der Waals surface area (Å²) in [5.74, 6) is -0.771. The van der Waals surface area contributed by atoms with E-state index in [-0.39, 0.29) is 11.3 Å². The highest BCUT2D eigenvalue weighted by Gasteiger charge is 2.14. The van der Waals surface area contributed by atoms with Crippen molar-refractivity contribution in [2.75, 3.05) is 0 Å². The van der Waals surface area contributed by atoms with Crippen molar-refractivity contribution >= 4 is 51.4 Å². The lowest BCUT2D eigenvalue weighted by atomic mass is 10.1. The number of hydrogen-bond donors (Lipinski definition) is 0. The van der Waals surface area contributed by atoms with Gasteiger partial charge in [0.25, 0.3) is 0 Å². The monoisotopic (exact) mass is 485 g/mol. The largest absolute Gasteiger partial charge is 0.424 e. The zero-order valence-corrected chi connectivity index (χ0v) is 19.0. The molecule has 0 amide bonds. The number of fused-ring (bicyclic) bond motifs is 2. The number of allylic oxidation sites excluding steroid dienone is 1. The summed E-state index contributed by atoms with van der Waals surface area (Å²) in [5, 5.41) is 9.88. The van der Waals surface area contributed by atoms with E-state index < -0.39 is 17.4 Å². The molecule has 0 fully saturated rings. The number of ketones is 1. The summed E-state index contributed by atoms with van der Waals surface area (Å²) in [6.45, 7) is 1.30. The summed E-state index contributed by atoms with van der Waals surface area (Å²) in [4.78, 5) is 38.1. The number of benzene rings is 3. The molecule has 8 nitrogen and oxygen atoms in total. The van der Waals surface area contributed by atoms with Crippen molar-refractivity contribution in [1.29, 1.82) is 0 Å². The van der Waals surface area contributed by atoms with Gasteiger partial charge in [0.1, 0.15) is 27.9 Å². The van der Waals surface area contributed by atoms with Crippen molar-refractivity contribution in [3.8, 4) is 11.4 Å². The van der Waals surface area contributed by atoms with Crippen molar-refractivity contribution in [1.82, 2.24) is 15.0 Å². The number of ether oxygens (including phenoxy) is 1. The van der Waals surface area contributed by atoms with Gasteiger partial charge >= 0.3 is 11.6 Å². The molecule has 0 saturated heterocycles. The van der Waals surface area contributed by atoms with Crippen molar-refractivity contribution in [2.45, 2.75) is 6.92 Å². The van der Waals surface area contributed by atoms with Gasteiger partial charge in [-0.25, -0.2) is 4.79 Å². The van der Waals surface area contributed by atoms with Gasteiger partial charge < -0.3 is 9.15 Å². The van der Waals surface area contributed by atoms with Gasteiger partial charge in [-0.15, -0.1) is 15.0 Å². The van der Waals surface area contributed by atoms with E-state index in [1.807, 2.05) is 24.3 Å². The van der Waals surface area contributed by atoms with Crippen LogP contribution in [0.1, 0.15) is 22.8 Å². The number of nitrogens with zero attached hydrogens (tertiary/aromatic N) is 3. The molecule has 0 aliphatic rings. The summed E-state index contributed by atoms with van der Waals surface area (Å²) < 4.78 is 10.6. The summed E-state index contributed by atoms with van der Waals surface area (Å²) in [5.41, 5.74) is 1.82. The van der Waals surface area contributed by atoms with Gasteiger partial charge in [0.05, 0.1) is 0 Å². The van der Waals surface area contributed by atoms with Gasteiger partial charge in [-0.3, -0.25) is 9.59 Å². The van der Waals surface area contributed by atoms with Gasteiger partial charge in [0.15, 0.2) is 11.5 Å². The number of rotatable bonds is 5. The molecule has 0 radical (unpaired) electrons. The Labute approximate surface area is 203 Å². The lowest BCUT2D eigenvalue weighted by molar-refractivity contribution is -0.131. The number of carbonyl (C=O) groups is 2. The van der Waals surface area contributed by atoms with Crippen LogP contribution in [0.15, 0.2) is 82.0 Å². The molecule has 2 heterocycles. The SMILES string of the molecule is CC(=O)Oc1ccc(/C=C/C(=O)c2cc3cc(Cl)ccc3oc2=O)cc1-n1nc2ccccc2n1. The Bertz CT molecular complexity index is 1680. The first kappa shape index (κ1) is 22.2. The minimum Gasteiger partial charge on any atom is -0.424 e. The van der Waals surface area contributed by atoms with E-state index in [1.54, 1.807) is 36.4 Å². The number of carbonyl (C=O) groups excluding carboxylic acids is 2. The van der Waals surface area contributed by atoms with Crippen LogP contribution in [0.3, 0.4) is 0 Å². The fourth-order valence-corrected chi connectivity index (χ4v) is 3.71. The summed E-state index contributed by atoms with van der Waals surface area (Å²) in [6.07, 6.45) is 2.80. The molecule has 9 heteroatoms. The van der Waals surface area contributed by atoms with Crippen LogP contribution in [-0.2, 0) is 4.79 Å². The third-order valence-electron chi connectivity index (χ3n) is 5.13. The Morgan fingerprint density at radius 3 is 2.46 bits per heavy atom. The van der Waals surface area contributed by atoms with Gasteiger partial charge in [0.2, 0.25) is 0 Å². The summed E-state index contributed by atoms with van der Waals surface area (Å²) >= 11 is 6.00. The highest BCUT2D eigenvalue weighted by Crippen LogP contribution is 2.26. The molecule has 0 saturated carbocycles. The van der Waals surface area contributed by atoms with Crippen LogP contribution in [0.5, 0.6) is 5.75 Å². The first-order valence-corrected chi connectivity index (χ1v) is 10.9. The average Bonchev–Trinajstić information content (AvgIpc) is 3.27. The predicted octanol–water partition coefficient (Wildman–Crippen LogP) is 5.00. The summed E-state index contributed by atoms with van der Waals surface area (Å²) in [6, 6.07) is 18.5. The number of hydrogen-bond acceptors (Lipinski definition) is 7. The second kappa shape index (κ2) is 9.00. The molecular formula is C26H16ClN3O5. The molecular weight excluding hydrogens is 470 g/mol. The maximum atomic E-state index is 12.8. The van der Waals surface area contributed by atoms with Crippen LogP contribution in [-0.4, -0.2) is 26.7 Å². The molecule has 5 aromatic rings. The molecule has 0 N–H and O–H groups in total. The first-order valence-electron chi connectivity index (χ1n) is 10.5. The highest BCUT2D eigenvalue weighted by atomic mass is 35.5. The fraction of sp³-hybridized carbons (Fsp3) is 0.0385. The molecule has 2 aromatic heterocycles. The molecule has 0 aliphatic heterocycles. The number of aromatic nitrogens is 3. The Morgan fingerprint density at radius 2 is 1.74 bits per heavy atom. The van der Waals surface area contributed by atoms with E-state index >= 15 is 0 Å². The van der Waals surface area contributed by atoms with E-state index in [1.165, 1.54) is 29.9 Å².